The number of para-hydroxylation sites is 1. The van der Waals surface area contributed by atoms with Crippen molar-refractivity contribution in [2.75, 3.05) is 12.0 Å². The molecule has 1 aromatic heterocycles. The maximum Gasteiger partial charge on any atom is 0.242 e. The van der Waals surface area contributed by atoms with E-state index < -0.39 is 0 Å². The highest BCUT2D eigenvalue weighted by molar-refractivity contribution is 8.01. The van der Waals surface area contributed by atoms with Crippen molar-refractivity contribution < 1.29 is 9.53 Å². The molecule has 2 atom stereocenters. The lowest BCUT2D eigenvalue weighted by atomic mass is 10.2. The van der Waals surface area contributed by atoms with Gasteiger partial charge in [0.1, 0.15) is 11.1 Å². The van der Waals surface area contributed by atoms with E-state index in [1.165, 1.54) is 0 Å². The Morgan fingerprint density at radius 2 is 2.10 bits per heavy atom. The molecule has 1 amide bonds. The van der Waals surface area contributed by atoms with Gasteiger partial charge in [0.05, 0.1) is 12.4 Å². The highest BCUT2D eigenvalue weighted by Crippen LogP contribution is 2.48. The highest BCUT2D eigenvalue weighted by Gasteiger charge is 2.41. The fourth-order valence-corrected chi connectivity index (χ4v) is 4.50. The van der Waals surface area contributed by atoms with Crippen LogP contribution >= 0.6 is 23.1 Å². The maximum absolute atomic E-state index is 12.5. The average Bonchev–Trinajstić information content (AvgIpc) is 3.03. The van der Waals surface area contributed by atoms with Crippen LogP contribution in [0.1, 0.15) is 22.7 Å². The molecule has 2 heterocycles. The smallest absolute Gasteiger partial charge is 0.242 e. The summed E-state index contributed by atoms with van der Waals surface area (Å²) in [6.07, 6.45) is 1.81. The Morgan fingerprint density at radius 1 is 1.33 bits per heavy atom. The summed E-state index contributed by atoms with van der Waals surface area (Å²) in [6.45, 7) is 3.94. The topological polar surface area (TPSA) is 42.4 Å². The number of hydrogen-bond donors (Lipinski definition) is 0. The monoisotopic (exact) mass is 320 g/mol. The van der Waals surface area contributed by atoms with E-state index >= 15 is 0 Å². The van der Waals surface area contributed by atoms with Crippen LogP contribution in [-0.4, -0.2) is 23.3 Å². The van der Waals surface area contributed by atoms with Gasteiger partial charge in [-0.2, -0.15) is 0 Å². The van der Waals surface area contributed by atoms with Crippen molar-refractivity contribution in [1.82, 2.24) is 4.98 Å². The van der Waals surface area contributed by atoms with Crippen molar-refractivity contribution >= 4 is 34.1 Å². The lowest BCUT2D eigenvalue weighted by molar-refractivity contribution is -0.117. The van der Waals surface area contributed by atoms with Crippen LogP contribution in [0.2, 0.25) is 0 Å². The normalized spacial score (nSPS) is 21.9. The van der Waals surface area contributed by atoms with Gasteiger partial charge in [0, 0.05) is 16.6 Å². The molecule has 1 aliphatic rings. The molecule has 1 fully saturated rings. The summed E-state index contributed by atoms with van der Waals surface area (Å²) < 4.78 is 5.45. The predicted octanol–water partition coefficient (Wildman–Crippen LogP) is 3.63. The first-order valence-corrected chi connectivity index (χ1v) is 8.41. The maximum atomic E-state index is 12.5. The van der Waals surface area contributed by atoms with E-state index in [2.05, 4.69) is 4.98 Å². The first-order valence-electron chi connectivity index (χ1n) is 6.65. The molecule has 1 saturated heterocycles. The molecule has 4 nitrogen and oxygen atoms in total. The third-order valence-corrected chi connectivity index (χ3v) is 5.62. The summed E-state index contributed by atoms with van der Waals surface area (Å²) in [5.74, 6) is 0.903. The minimum absolute atomic E-state index is 0.0795. The predicted molar refractivity (Wildman–Crippen MR) is 87.1 cm³/mol. The second kappa shape index (κ2) is 5.69. The summed E-state index contributed by atoms with van der Waals surface area (Å²) in [6, 6.07) is 7.84. The Balaban J connectivity index is 2.05. The number of carbonyl (C=O) groups excluding carboxylic acids is 1. The molecule has 0 unspecified atom stereocenters. The van der Waals surface area contributed by atoms with Crippen LogP contribution in [0.15, 0.2) is 30.5 Å². The fraction of sp³-hybridized carbons (Fsp3) is 0.333. The quantitative estimate of drug-likeness (QED) is 0.866. The summed E-state index contributed by atoms with van der Waals surface area (Å²) in [5, 5.41) is 0.587. The Kier molecular flexibility index (Phi) is 3.91. The number of aromatic nitrogens is 1. The Bertz CT molecular complexity index is 671. The van der Waals surface area contributed by atoms with Gasteiger partial charge in [-0.1, -0.05) is 18.2 Å². The third-order valence-electron chi connectivity index (χ3n) is 3.37. The van der Waals surface area contributed by atoms with E-state index in [9.17, 15) is 4.79 Å². The SMILES string of the molecule is COc1ccccc1[C@@H]1S[C@H](C)C(=O)N1c1ncc(C)s1. The molecule has 0 spiro atoms. The number of aryl methyl sites for hydroxylation is 1. The van der Waals surface area contributed by atoms with Crippen LogP contribution in [0.4, 0.5) is 5.13 Å². The molecule has 3 rings (SSSR count). The summed E-state index contributed by atoms with van der Waals surface area (Å²) in [4.78, 5) is 19.8. The molecule has 0 aliphatic carbocycles. The molecular formula is C15H16N2O2S2. The van der Waals surface area contributed by atoms with Crippen molar-refractivity contribution in [1.29, 1.82) is 0 Å². The highest BCUT2D eigenvalue weighted by atomic mass is 32.2. The molecule has 0 radical (unpaired) electrons. The van der Waals surface area contributed by atoms with E-state index in [0.29, 0.717) is 0 Å². The Labute approximate surface area is 132 Å². The van der Waals surface area contributed by atoms with Crippen molar-refractivity contribution in [3.05, 3.63) is 40.9 Å². The van der Waals surface area contributed by atoms with Gasteiger partial charge in [-0.25, -0.2) is 4.98 Å². The van der Waals surface area contributed by atoms with Gasteiger partial charge in [0.25, 0.3) is 0 Å². The van der Waals surface area contributed by atoms with Crippen LogP contribution in [0.5, 0.6) is 5.75 Å². The van der Waals surface area contributed by atoms with Gasteiger partial charge in [-0.3, -0.25) is 9.69 Å². The van der Waals surface area contributed by atoms with Crippen LogP contribution in [0, 0.1) is 6.92 Å². The van der Waals surface area contributed by atoms with Gasteiger partial charge >= 0.3 is 0 Å². The Morgan fingerprint density at radius 3 is 2.76 bits per heavy atom. The number of thioether (sulfide) groups is 1. The second-order valence-electron chi connectivity index (χ2n) is 4.83. The van der Waals surface area contributed by atoms with Gasteiger partial charge < -0.3 is 4.74 Å². The number of ether oxygens (including phenoxy) is 1. The zero-order valence-corrected chi connectivity index (χ0v) is 13.7. The molecule has 0 bridgehead atoms. The standard InChI is InChI=1S/C15H16N2O2S2/c1-9-8-16-15(20-9)17-13(18)10(2)21-14(17)11-6-4-5-7-12(11)19-3/h4-8,10,14H,1-3H3/t10-,14+/m1/s1. The van der Waals surface area contributed by atoms with E-state index in [1.54, 1.807) is 41.3 Å². The fourth-order valence-electron chi connectivity index (χ4n) is 2.36. The molecule has 21 heavy (non-hydrogen) atoms. The first-order chi connectivity index (χ1) is 10.1. The number of benzene rings is 1. The molecule has 6 heteroatoms. The summed E-state index contributed by atoms with van der Waals surface area (Å²) in [7, 11) is 1.65. The van der Waals surface area contributed by atoms with Gasteiger partial charge in [-0.15, -0.1) is 23.1 Å². The molecule has 1 aromatic carbocycles. The van der Waals surface area contributed by atoms with Gasteiger partial charge in [-0.05, 0) is 19.9 Å². The largest absolute Gasteiger partial charge is 0.496 e. The lowest BCUT2D eigenvalue weighted by Gasteiger charge is -2.23. The molecular weight excluding hydrogens is 304 g/mol. The van der Waals surface area contributed by atoms with E-state index in [1.807, 2.05) is 38.1 Å². The van der Waals surface area contributed by atoms with E-state index in [0.717, 1.165) is 21.3 Å². The third kappa shape index (κ3) is 2.53. The van der Waals surface area contributed by atoms with Gasteiger partial charge in [0.15, 0.2) is 5.13 Å². The van der Waals surface area contributed by atoms with Crippen LogP contribution in [0.3, 0.4) is 0 Å². The Hall–Kier alpha value is -1.53. The van der Waals surface area contributed by atoms with E-state index in [4.69, 9.17) is 4.74 Å². The zero-order chi connectivity index (χ0) is 15.0. The number of amides is 1. The molecule has 110 valence electrons. The minimum atomic E-state index is -0.0887. The molecule has 0 N–H and O–H groups in total. The second-order valence-corrected chi connectivity index (χ2v) is 7.47. The van der Waals surface area contributed by atoms with Crippen molar-refractivity contribution in [3.63, 3.8) is 0 Å². The van der Waals surface area contributed by atoms with Crippen molar-refractivity contribution in [2.45, 2.75) is 24.5 Å². The van der Waals surface area contributed by atoms with Crippen LogP contribution < -0.4 is 9.64 Å². The molecule has 1 aliphatic heterocycles. The lowest BCUT2D eigenvalue weighted by Crippen LogP contribution is -2.30. The number of thiazole rings is 1. The van der Waals surface area contributed by atoms with Crippen molar-refractivity contribution in [2.24, 2.45) is 0 Å². The number of rotatable bonds is 3. The number of hydrogen-bond acceptors (Lipinski definition) is 5. The first kappa shape index (κ1) is 14.4. The van der Waals surface area contributed by atoms with Crippen LogP contribution in [-0.2, 0) is 4.79 Å². The number of methoxy groups -OCH3 is 1. The van der Waals surface area contributed by atoms with E-state index in [-0.39, 0.29) is 16.5 Å². The summed E-state index contributed by atoms with van der Waals surface area (Å²) >= 11 is 3.17. The minimum Gasteiger partial charge on any atom is -0.496 e. The summed E-state index contributed by atoms with van der Waals surface area (Å²) in [5.41, 5.74) is 1.01. The number of nitrogens with zero attached hydrogens (tertiary/aromatic N) is 2. The molecule has 0 saturated carbocycles. The number of carbonyl (C=O) groups is 1. The average molecular weight is 320 g/mol. The molecule has 2 aromatic rings. The number of anilines is 1. The van der Waals surface area contributed by atoms with Crippen LogP contribution in [0.25, 0.3) is 0 Å². The zero-order valence-electron chi connectivity index (χ0n) is 12.1. The van der Waals surface area contributed by atoms with Gasteiger partial charge in [0.2, 0.25) is 5.91 Å². The van der Waals surface area contributed by atoms with Crippen molar-refractivity contribution in [3.8, 4) is 5.75 Å².